The smallest absolute Gasteiger partial charge is 0.311 e. The van der Waals surface area contributed by atoms with Crippen LogP contribution in [-0.4, -0.2) is 11.1 Å². The number of carboxylic acids is 1. The lowest BCUT2D eigenvalue weighted by molar-refractivity contribution is -0.138. The Hall–Kier alpha value is -0.790. The van der Waals surface area contributed by atoms with Crippen molar-refractivity contribution in [2.45, 2.75) is 13.8 Å². The van der Waals surface area contributed by atoms with Crippen molar-refractivity contribution in [2.24, 2.45) is 17.8 Å². The van der Waals surface area contributed by atoms with Crippen LogP contribution in [0.2, 0.25) is 0 Å². The predicted molar refractivity (Wildman–Crippen MR) is 38.6 cm³/mol. The minimum absolute atomic E-state index is 0.234. The monoisotopic (exact) mass is 140 g/mol. The first-order valence-electron chi connectivity index (χ1n) is 3.47. The van der Waals surface area contributed by atoms with Crippen LogP contribution >= 0.6 is 0 Å². The SMILES string of the molecule is C=C1[C@@H](C(=O)O)[C@@H]1C(C)C. The van der Waals surface area contributed by atoms with Crippen molar-refractivity contribution in [1.82, 2.24) is 0 Å². The molecule has 0 heterocycles. The fourth-order valence-corrected chi connectivity index (χ4v) is 1.46. The van der Waals surface area contributed by atoms with E-state index in [9.17, 15) is 4.79 Å². The topological polar surface area (TPSA) is 37.3 Å². The Labute approximate surface area is 60.6 Å². The van der Waals surface area contributed by atoms with E-state index < -0.39 is 5.97 Å². The summed E-state index contributed by atoms with van der Waals surface area (Å²) in [5.41, 5.74) is 0.891. The van der Waals surface area contributed by atoms with E-state index in [4.69, 9.17) is 5.11 Å². The third-order valence-corrected chi connectivity index (χ3v) is 2.06. The van der Waals surface area contributed by atoms with Gasteiger partial charge in [-0.05, 0) is 11.8 Å². The molecule has 0 unspecified atom stereocenters. The van der Waals surface area contributed by atoms with Crippen molar-refractivity contribution in [2.75, 3.05) is 0 Å². The average molecular weight is 140 g/mol. The van der Waals surface area contributed by atoms with E-state index in [1.165, 1.54) is 0 Å². The molecule has 1 aliphatic rings. The van der Waals surface area contributed by atoms with Gasteiger partial charge in [-0.1, -0.05) is 26.0 Å². The van der Waals surface area contributed by atoms with E-state index in [-0.39, 0.29) is 11.8 Å². The first-order chi connectivity index (χ1) is 4.55. The number of carboxylic acid groups (broad SMARTS) is 1. The van der Waals surface area contributed by atoms with Crippen molar-refractivity contribution in [3.05, 3.63) is 12.2 Å². The maximum absolute atomic E-state index is 10.4. The molecule has 2 nitrogen and oxygen atoms in total. The Kier molecular flexibility index (Phi) is 1.55. The molecule has 1 aliphatic carbocycles. The van der Waals surface area contributed by atoms with Gasteiger partial charge in [0.15, 0.2) is 0 Å². The van der Waals surface area contributed by atoms with Crippen LogP contribution in [0.15, 0.2) is 12.2 Å². The average Bonchev–Trinajstić information content (AvgIpc) is 2.40. The number of rotatable bonds is 2. The molecule has 0 aliphatic heterocycles. The van der Waals surface area contributed by atoms with Gasteiger partial charge in [0.2, 0.25) is 0 Å². The van der Waals surface area contributed by atoms with Crippen molar-refractivity contribution in [3.8, 4) is 0 Å². The van der Waals surface area contributed by atoms with Crippen LogP contribution in [0.4, 0.5) is 0 Å². The number of carbonyl (C=O) groups is 1. The van der Waals surface area contributed by atoms with Crippen molar-refractivity contribution in [3.63, 3.8) is 0 Å². The largest absolute Gasteiger partial charge is 0.481 e. The number of hydrogen-bond donors (Lipinski definition) is 1. The van der Waals surface area contributed by atoms with Gasteiger partial charge in [-0.2, -0.15) is 0 Å². The van der Waals surface area contributed by atoms with Crippen LogP contribution in [0.5, 0.6) is 0 Å². The summed E-state index contributed by atoms with van der Waals surface area (Å²) in [6.45, 7) is 7.74. The Morgan fingerprint density at radius 1 is 1.70 bits per heavy atom. The van der Waals surface area contributed by atoms with E-state index in [2.05, 4.69) is 6.58 Å². The quantitative estimate of drug-likeness (QED) is 0.590. The molecule has 2 atom stereocenters. The Morgan fingerprint density at radius 2 is 2.20 bits per heavy atom. The highest BCUT2D eigenvalue weighted by Crippen LogP contribution is 2.49. The summed E-state index contributed by atoms with van der Waals surface area (Å²) in [6, 6.07) is 0. The van der Waals surface area contributed by atoms with E-state index in [0.29, 0.717) is 5.92 Å². The van der Waals surface area contributed by atoms with Crippen LogP contribution < -0.4 is 0 Å². The highest BCUT2D eigenvalue weighted by atomic mass is 16.4. The summed E-state index contributed by atoms with van der Waals surface area (Å²) in [7, 11) is 0. The number of hydrogen-bond acceptors (Lipinski definition) is 1. The highest BCUT2D eigenvalue weighted by molar-refractivity contribution is 5.80. The lowest BCUT2D eigenvalue weighted by Crippen LogP contribution is -2.02. The molecule has 10 heavy (non-hydrogen) atoms. The summed E-state index contributed by atoms with van der Waals surface area (Å²) in [5.74, 6) is -0.310. The molecule has 1 N–H and O–H groups in total. The molecule has 2 heteroatoms. The van der Waals surface area contributed by atoms with Crippen molar-refractivity contribution >= 4 is 5.97 Å². The normalized spacial score (nSPS) is 30.9. The first kappa shape index (κ1) is 7.32. The Balaban J connectivity index is 2.57. The van der Waals surface area contributed by atoms with Crippen LogP contribution in [0.1, 0.15) is 13.8 Å². The van der Waals surface area contributed by atoms with Gasteiger partial charge >= 0.3 is 5.97 Å². The molecule has 1 fully saturated rings. The molecular formula is C8H12O2. The van der Waals surface area contributed by atoms with Gasteiger partial charge in [-0.3, -0.25) is 4.79 Å². The van der Waals surface area contributed by atoms with Gasteiger partial charge in [0.25, 0.3) is 0 Å². The second-order valence-corrected chi connectivity index (χ2v) is 3.16. The molecule has 1 rings (SSSR count). The second kappa shape index (κ2) is 2.11. The molecule has 0 aromatic heterocycles. The third kappa shape index (κ3) is 0.939. The van der Waals surface area contributed by atoms with E-state index in [0.717, 1.165) is 5.57 Å². The van der Waals surface area contributed by atoms with Crippen LogP contribution in [0, 0.1) is 17.8 Å². The van der Waals surface area contributed by atoms with E-state index in [1.807, 2.05) is 13.8 Å². The van der Waals surface area contributed by atoms with Crippen LogP contribution in [0.25, 0.3) is 0 Å². The summed E-state index contributed by atoms with van der Waals surface area (Å²) in [6.07, 6.45) is 0. The minimum atomic E-state index is -0.719. The van der Waals surface area contributed by atoms with Crippen LogP contribution in [0.3, 0.4) is 0 Å². The highest BCUT2D eigenvalue weighted by Gasteiger charge is 2.49. The maximum Gasteiger partial charge on any atom is 0.311 e. The first-order valence-corrected chi connectivity index (χ1v) is 3.47. The second-order valence-electron chi connectivity index (χ2n) is 3.16. The minimum Gasteiger partial charge on any atom is -0.481 e. The van der Waals surface area contributed by atoms with Gasteiger partial charge < -0.3 is 5.11 Å². The summed E-state index contributed by atoms with van der Waals surface area (Å²) in [5, 5.41) is 8.58. The van der Waals surface area contributed by atoms with Gasteiger partial charge in [0, 0.05) is 0 Å². The molecule has 0 aromatic rings. The van der Waals surface area contributed by atoms with E-state index in [1.54, 1.807) is 0 Å². The molecule has 56 valence electrons. The summed E-state index contributed by atoms with van der Waals surface area (Å²) < 4.78 is 0. The zero-order chi connectivity index (χ0) is 7.89. The summed E-state index contributed by atoms with van der Waals surface area (Å²) in [4.78, 5) is 10.4. The predicted octanol–water partition coefficient (Wildman–Crippen LogP) is 1.53. The van der Waals surface area contributed by atoms with Gasteiger partial charge in [-0.25, -0.2) is 0 Å². The molecule has 1 saturated carbocycles. The molecule has 0 radical (unpaired) electrons. The molecule has 0 spiro atoms. The van der Waals surface area contributed by atoms with Gasteiger partial charge in [0.05, 0.1) is 5.92 Å². The summed E-state index contributed by atoms with van der Waals surface area (Å²) >= 11 is 0. The fourth-order valence-electron chi connectivity index (χ4n) is 1.46. The zero-order valence-electron chi connectivity index (χ0n) is 6.29. The molecule has 0 aromatic carbocycles. The molecule has 0 saturated heterocycles. The fraction of sp³-hybridized carbons (Fsp3) is 0.625. The molecule has 0 bridgehead atoms. The van der Waals surface area contributed by atoms with Crippen molar-refractivity contribution in [1.29, 1.82) is 0 Å². The maximum atomic E-state index is 10.4. The zero-order valence-corrected chi connectivity index (χ0v) is 6.29. The molecular weight excluding hydrogens is 128 g/mol. The Morgan fingerprint density at radius 3 is 2.30 bits per heavy atom. The van der Waals surface area contributed by atoms with Crippen LogP contribution in [-0.2, 0) is 4.79 Å². The van der Waals surface area contributed by atoms with Gasteiger partial charge in [0.1, 0.15) is 0 Å². The van der Waals surface area contributed by atoms with Crippen molar-refractivity contribution < 1.29 is 9.90 Å². The van der Waals surface area contributed by atoms with Gasteiger partial charge in [-0.15, -0.1) is 0 Å². The Bertz CT molecular complexity index is 182. The molecule has 0 amide bonds. The number of aliphatic carboxylic acids is 1. The standard InChI is InChI=1S/C8H12O2/c1-4(2)6-5(3)7(6)8(9)10/h4,6-7H,3H2,1-2H3,(H,9,10)/t6-,7-/m1/s1. The van der Waals surface area contributed by atoms with E-state index >= 15 is 0 Å². The lowest BCUT2D eigenvalue weighted by Gasteiger charge is -1.97. The third-order valence-electron chi connectivity index (χ3n) is 2.06. The lowest BCUT2D eigenvalue weighted by atomic mass is 10.1.